The van der Waals surface area contributed by atoms with Crippen LogP contribution in [0.5, 0.6) is 0 Å². The van der Waals surface area contributed by atoms with Crippen LogP contribution in [-0.4, -0.2) is 39.4 Å². The smallest absolute Gasteiger partial charge is 0.247 e. The Bertz CT molecular complexity index is 916. The maximum Gasteiger partial charge on any atom is 0.247 e. The Morgan fingerprint density at radius 1 is 1.28 bits per heavy atom. The summed E-state index contributed by atoms with van der Waals surface area (Å²) in [6.07, 6.45) is 2.22. The topological polar surface area (TPSA) is 87.8 Å². The van der Waals surface area contributed by atoms with Crippen LogP contribution >= 0.6 is 35.3 Å². The van der Waals surface area contributed by atoms with Crippen LogP contribution in [0.4, 0.5) is 0 Å². The quantitative estimate of drug-likeness (QED) is 0.340. The van der Waals surface area contributed by atoms with Gasteiger partial charge in [-0.3, -0.25) is 4.99 Å². The van der Waals surface area contributed by atoms with Gasteiger partial charge >= 0.3 is 0 Å². The number of thiophene rings is 1. The van der Waals surface area contributed by atoms with Crippen LogP contribution in [-0.2, 0) is 16.6 Å². The largest absolute Gasteiger partial charge is 0.351 e. The molecule has 0 aliphatic carbocycles. The number of benzene rings is 1. The molecule has 0 radical (unpaired) electrons. The van der Waals surface area contributed by atoms with Gasteiger partial charge in [0, 0.05) is 25.0 Å². The number of primary sulfonamides is 1. The zero-order chi connectivity index (χ0) is 20.1. The van der Waals surface area contributed by atoms with Crippen LogP contribution in [0.25, 0.3) is 0 Å². The van der Waals surface area contributed by atoms with E-state index in [4.69, 9.17) is 5.14 Å². The van der Waals surface area contributed by atoms with Crippen molar-refractivity contribution in [3.63, 3.8) is 0 Å². The van der Waals surface area contributed by atoms with Crippen molar-refractivity contribution < 1.29 is 8.42 Å². The van der Waals surface area contributed by atoms with Crippen molar-refractivity contribution in [2.24, 2.45) is 16.0 Å². The summed E-state index contributed by atoms with van der Waals surface area (Å²) in [5, 5.41) is 8.56. The fraction of sp³-hybridized carbons (Fsp3) is 0.450. The summed E-state index contributed by atoms with van der Waals surface area (Å²) in [6, 6.07) is 14.1. The summed E-state index contributed by atoms with van der Waals surface area (Å²) in [5.41, 5.74) is 1.42. The fourth-order valence-electron chi connectivity index (χ4n) is 3.88. The van der Waals surface area contributed by atoms with Crippen LogP contribution in [0.2, 0.25) is 0 Å². The molecule has 0 bridgehead atoms. The van der Waals surface area contributed by atoms with Crippen LogP contribution in [0.15, 0.2) is 51.7 Å². The first-order valence-electron chi connectivity index (χ1n) is 9.54. The lowest BCUT2D eigenvalue weighted by Gasteiger charge is -2.40. The molecule has 1 aromatic heterocycles. The summed E-state index contributed by atoms with van der Waals surface area (Å²) >= 11 is 1.19. The van der Waals surface area contributed by atoms with Gasteiger partial charge in [-0.05, 0) is 36.0 Å². The van der Waals surface area contributed by atoms with Crippen LogP contribution in [0, 0.1) is 5.92 Å². The summed E-state index contributed by atoms with van der Waals surface area (Å²) < 4.78 is 23.1. The molecule has 1 saturated heterocycles. The lowest BCUT2D eigenvalue weighted by molar-refractivity contribution is 0.215. The summed E-state index contributed by atoms with van der Waals surface area (Å²) in [7, 11) is -1.85. The number of halogens is 1. The van der Waals surface area contributed by atoms with Gasteiger partial charge in [0.15, 0.2) is 5.96 Å². The number of piperidine rings is 1. The number of aliphatic imine (C=N–C) groups is 1. The molecular formula is C20H29IN4O2S2. The first-order chi connectivity index (χ1) is 13.4. The lowest BCUT2D eigenvalue weighted by atomic mass is 9.79. The average Bonchev–Trinajstić information content (AvgIpc) is 3.18. The molecule has 3 rings (SSSR count). The third-order valence-corrected chi connectivity index (χ3v) is 7.86. The van der Waals surface area contributed by atoms with Crippen molar-refractivity contribution in [3.8, 4) is 0 Å². The summed E-state index contributed by atoms with van der Waals surface area (Å²) in [4.78, 5) is 7.66. The highest BCUT2D eigenvalue weighted by molar-refractivity contribution is 14.0. The van der Waals surface area contributed by atoms with E-state index < -0.39 is 10.0 Å². The molecule has 0 spiro atoms. The minimum atomic E-state index is -3.64. The number of rotatable bonds is 5. The van der Waals surface area contributed by atoms with E-state index in [1.165, 1.54) is 16.9 Å². The van der Waals surface area contributed by atoms with Crippen molar-refractivity contribution >= 4 is 51.3 Å². The fourth-order valence-corrected chi connectivity index (χ4v) is 5.60. The molecule has 0 amide bonds. The number of nitrogens with zero attached hydrogens (tertiary/aromatic N) is 2. The van der Waals surface area contributed by atoms with E-state index in [9.17, 15) is 8.42 Å². The molecule has 160 valence electrons. The molecule has 1 aliphatic rings. The molecule has 2 aromatic rings. The zero-order valence-electron chi connectivity index (χ0n) is 16.7. The van der Waals surface area contributed by atoms with Gasteiger partial charge in [-0.2, -0.15) is 0 Å². The number of guanidine groups is 1. The van der Waals surface area contributed by atoms with E-state index in [1.54, 1.807) is 19.2 Å². The van der Waals surface area contributed by atoms with E-state index in [2.05, 4.69) is 52.5 Å². The van der Waals surface area contributed by atoms with Crippen molar-refractivity contribution in [1.29, 1.82) is 0 Å². The van der Waals surface area contributed by atoms with Gasteiger partial charge in [-0.1, -0.05) is 43.7 Å². The van der Waals surface area contributed by atoms with Gasteiger partial charge < -0.3 is 10.2 Å². The first-order valence-corrected chi connectivity index (χ1v) is 11.9. The molecule has 3 N–H and O–H groups in total. The van der Waals surface area contributed by atoms with Crippen LogP contribution in [0.3, 0.4) is 0 Å². The van der Waals surface area contributed by atoms with Gasteiger partial charge in [0.05, 0.1) is 6.54 Å². The molecule has 6 nitrogen and oxygen atoms in total. The lowest BCUT2D eigenvalue weighted by Crippen LogP contribution is -2.48. The van der Waals surface area contributed by atoms with E-state index in [0.29, 0.717) is 18.4 Å². The Morgan fingerprint density at radius 2 is 2.00 bits per heavy atom. The maximum atomic E-state index is 11.4. The molecular weight excluding hydrogens is 519 g/mol. The van der Waals surface area contributed by atoms with Crippen molar-refractivity contribution in [2.45, 2.75) is 36.4 Å². The number of hydrogen-bond acceptors (Lipinski definition) is 4. The Hall–Kier alpha value is -1.17. The Labute approximate surface area is 194 Å². The highest BCUT2D eigenvalue weighted by atomic mass is 127. The Kier molecular flexibility index (Phi) is 8.92. The minimum Gasteiger partial charge on any atom is -0.351 e. The summed E-state index contributed by atoms with van der Waals surface area (Å²) in [5.74, 6) is 2.01. The third-order valence-electron chi connectivity index (χ3n) is 5.34. The van der Waals surface area contributed by atoms with Gasteiger partial charge in [0.25, 0.3) is 0 Å². The van der Waals surface area contributed by atoms with Gasteiger partial charge in [0.2, 0.25) is 10.0 Å². The predicted octanol–water partition coefficient (Wildman–Crippen LogP) is 3.60. The zero-order valence-corrected chi connectivity index (χ0v) is 20.7. The number of likely N-dealkylation sites (tertiary alicyclic amines) is 1. The highest BCUT2D eigenvalue weighted by Gasteiger charge is 2.30. The molecule has 1 aliphatic heterocycles. The molecule has 29 heavy (non-hydrogen) atoms. The minimum absolute atomic E-state index is 0. The van der Waals surface area contributed by atoms with E-state index >= 15 is 0 Å². The highest BCUT2D eigenvalue weighted by Crippen LogP contribution is 2.34. The van der Waals surface area contributed by atoms with Crippen molar-refractivity contribution in [3.05, 3.63) is 52.9 Å². The molecule has 2 unspecified atom stereocenters. The van der Waals surface area contributed by atoms with E-state index in [-0.39, 0.29) is 28.2 Å². The molecule has 0 saturated carbocycles. The molecule has 9 heteroatoms. The maximum absolute atomic E-state index is 11.4. The normalized spacial score (nSPS) is 20.2. The number of nitrogens with one attached hydrogen (secondary N) is 1. The van der Waals surface area contributed by atoms with E-state index in [0.717, 1.165) is 36.8 Å². The van der Waals surface area contributed by atoms with Crippen molar-refractivity contribution in [2.75, 3.05) is 20.1 Å². The molecule has 2 atom stereocenters. The number of nitrogens with two attached hydrogens (primary N) is 1. The molecule has 2 heterocycles. The van der Waals surface area contributed by atoms with Crippen LogP contribution < -0.4 is 10.5 Å². The van der Waals surface area contributed by atoms with Crippen LogP contribution in [0.1, 0.15) is 36.1 Å². The number of hydrogen-bond donors (Lipinski definition) is 2. The standard InChI is InChI=1S/C20H28N4O2S2.HI/c1-3-15-14-24(12-11-18(15)16-7-5-4-6-8-16)20(22-2)23-13-17-9-10-19(27-17)28(21,25)26;/h4-10,15,18H,3,11-14H2,1-2H3,(H,22,23)(H2,21,25,26);1H. The second-order valence-corrected chi connectivity index (χ2v) is 10.0. The Morgan fingerprint density at radius 3 is 2.59 bits per heavy atom. The first kappa shape index (κ1) is 24.1. The molecule has 1 fully saturated rings. The third kappa shape index (κ3) is 6.16. The van der Waals surface area contributed by atoms with Crippen molar-refractivity contribution in [1.82, 2.24) is 10.2 Å². The average molecular weight is 549 g/mol. The predicted molar refractivity (Wildman–Crippen MR) is 130 cm³/mol. The second-order valence-electron chi connectivity index (χ2n) is 7.09. The summed E-state index contributed by atoms with van der Waals surface area (Å²) in [6.45, 7) is 4.69. The monoisotopic (exact) mass is 548 g/mol. The SMILES string of the molecule is CCC1CN(C(=NC)NCc2ccc(S(N)(=O)=O)s2)CCC1c1ccccc1.I. The van der Waals surface area contributed by atoms with E-state index in [1.807, 2.05) is 0 Å². The Balaban J connectivity index is 0.00000300. The molecule has 1 aromatic carbocycles. The number of sulfonamides is 1. The van der Waals surface area contributed by atoms with Gasteiger partial charge in [-0.25, -0.2) is 13.6 Å². The second kappa shape index (κ2) is 10.7. The van der Waals surface area contributed by atoms with Gasteiger partial charge in [0.1, 0.15) is 4.21 Å². The van der Waals surface area contributed by atoms with Gasteiger partial charge in [-0.15, -0.1) is 35.3 Å².